The third-order valence-corrected chi connectivity index (χ3v) is 6.75. The molecule has 2 aromatic rings. The Hall–Kier alpha value is -2.65. The van der Waals surface area contributed by atoms with Crippen LogP contribution in [0.1, 0.15) is 16.7 Å². The van der Waals surface area contributed by atoms with Crippen molar-refractivity contribution in [1.29, 1.82) is 0 Å². The first-order chi connectivity index (χ1) is 14.1. The van der Waals surface area contributed by atoms with Gasteiger partial charge in [-0.15, -0.1) is 0 Å². The average Bonchev–Trinajstić information content (AvgIpc) is 2.72. The Bertz CT molecular complexity index is 1040. The number of piperazine rings is 1. The molecule has 1 heterocycles. The summed E-state index contributed by atoms with van der Waals surface area (Å²) in [6.07, 6.45) is -1.92. The Kier molecular flexibility index (Phi) is 6.33. The van der Waals surface area contributed by atoms with Crippen molar-refractivity contribution in [3.8, 4) is 0 Å². The molecule has 1 fully saturated rings. The maximum Gasteiger partial charge on any atom is 0.416 e. The number of halogens is 3. The van der Waals surface area contributed by atoms with Crippen LogP contribution in [0.3, 0.4) is 0 Å². The number of amides is 1. The fourth-order valence-corrected chi connectivity index (χ4v) is 4.52. The van der Waals surface area contributed by atoms with Gasteiger partial charge >= 0.3 is 6.18 Å². The molecule has 1 saturated heterocycles. The molecule has 1 aliphatic heterocycles. The second kappa shape index (κ2) is 8.61. The van der Waals surface area contributed by atoms with Gasteiger partial charge in [0.05, 0.1) is 10.5 Å². The van der Waals surface area contributed by atoms with Gasteiger partial charge < -0.3 is 4.90 Å². The average molecular weight is 438 g/mol. The normalized spacial score (nSPS) is 16.2. The molecule has 9 heteroatoms. The molecule has 1 amide bonds. The van der Waals surface area contributed by atoms with Crippen LogP contribution in [0.15, 0.2) is 59.5 Å². The number of nitrogens with zero attached hydrogens (tertiary/aromatic N) is 2. The first-order valence-corrected chi connectivity index (χ1v) is 10.7. The van der Waals surface area contributed by atoms with Crippen LogP contribution in [-0.2, 0) is 21.0 Å². The van der Waals surface area contributed by atoms with Crippen LogP contribution in [0, 0.1) is 6.92 Å². The van der Waals surface area contributed by atoms with Crippen LogP contribution in [0.5, 0.6) is 0 Å². The first kappa shape index (κ1) is 22.0. The number of carbonyl (C=O) groups is 1. The van der Waals surface area contributed by atoms with Gasteiger partial charge in [-0.2, -0.15) is 17.5 Å². The minimum absolute atomic E-state index is 0.152. The molecule has 0 aromatic heterocycles. The maximum absolute atomic E-state index is 12.8. The molecule has 0 aliphatic carbocycles. The summed E-state index contributed by atoms with van der Waals surface area (Å²) < 4.78 is 65.1. The molecule has 160 valence electrons. The van der Waals surface area contributed by atoms with Crippen LogP contribution < -0.4 is 0 Å². The number of carbonyl (C=O) groups excluding carboxylic acids is 1. The van der Waals surface area contributed by atoms with Crippen molar-refractivity contribution in [2.45, 2.75) is 18.0 Å². The molecule has 2 aromatic carbocycles. The zero-order chi connectivity index (χ0) is 21.9. The molecule has 0 atom stereocenters. The van der Waals surface area contributed by atoms with Crippen LogP contribution in [-0.4, -0.2) is 49.7 Å². The highest BCUT2D eigenvalue weighted by Gasteiger charge is 2.31. The Morgan fingerprint density at radius 3 is 2.23 bits per heavy atom. The van der Waals surface area contributed by atoms with Gasteiger partial charge in [0.15, 0.2) is 0 Å². The Morgan fingerprint density at radius 2 is 1.63 bits per heavy atom. The molecule has 30 heavy (non-hydrogen) atoms. The standard InChI is InChI=1S/C21H21F3N2O3S/c1-16-5-8-19(9-6-16)30(28,29)26-13-11-25(12-14-26)20(27)10-7-17-3-2-4-18(15-17)21(22,23)24/h2-10,15H,11-14H2,1H3. The van der Waals surface area contributed by atoms with E-state index in [1.54, 1.807) is 24.3 Å². The van der Waals surface area contributed by atoms with Gasteiger partial charge in [-0.1, -0.05) is 29.8 Å². The molecule has 1 aliphatic rings. The van der Waals surface area contributed by atoms with Crippen LogP contribution in [0.4, 0.5) is 13.2 Å². The lowest BCUT2D eigenvalue weighted by atomic mass is 10.1. The summed E-state index contributed by atoms with van der Waals surface area (Å²) in [5, 5.41) is 0. The Morgan fingerprint density at radius 1 is 1.00 bits per heavy atom. The molecule has 0 bridgehead atoms. The van der Waals surface area contributed by atoms with Crippen LogP contribution >= 0.6 is 0 Å². The summed E-state index contributed by atoms with van der Waals surface area (Å²) in [5.74, 6) is -0.375. The zero-order valence-corrected chi connectivity index (χ0v) is 17.1. The molecular formula is C21H21F3N2O3S. The molecule has 0 spiro atoms. The number of aryl methyl sites for hydroxylation is 1. The second-order valence-electron chi connectivity index (χ2n) is 7.00. The smallest absolute Gasteiger partial charge is 0.337 e. The summed E-state index contributed by atoms with van der Waals surface area (Å²) >= 11 is 0. The van der Waals surface area contributed by atoms with Crippen molar-refractivity contribution in [1.82, 2.24) is 9.21 Å². The lowest BCUT2D eigenvalue weighted by Crippen LogP contribution is -2.50. The van der Waals surface area contributed by atoms with E-state index in [9.17, 15) is 26.4 Å². The van der Waals surface area contributed by atoms with Crippen molar-refractivity contribution in [3.63, 3.8) is 0 Å². The molecule has 0 radical (unpaired) electrons. The fourth-order valence-electron chi connectivity index (χ4n) is 3.10. The number of hydrogen-bond donors (Lipinski definition) is 0. The first-order valence-electron chi connectivity index (χ1n) is 9.28. The van der Waals surface area contributed by atoms with E-state index in [0.29, 0.717) is 0 Å². The van der Waals surface area contributed by atoms with Gasteiger partial charge in [0.2, 0.25) is 15.9 Å². The highest BCUT2D eigenvalue weighted by Crippen LogP contribution is 2.29. The van der Waals surface area contributed by atoms with E-state index in [4.69, 9.17) is 0 Å². The minimum atomic E-state index is -4.45. The summed E-state index contributed by atoms with van der Waals surface area (Å²) in [7, 11) is -3.63. The predicted molar refractivity (Wildman–Crippen MR) is 107 cm³/mol. The van der Waals surface area contributed by atoms with Gasteiger partial charge in [-0.3, -0.25) is 4.79 Å². The van der Waals surface area contributed by atoms with Gasteiger partial charge in [0.25, 0.3) is 0 Å². The molecular weight excluding hydrogens is 417 g/mol. The number of hydrogen-bond acceptors (Lipinski definition) is 3. The van der Waals surface area contributed by atoms with E-state index < -0.39 is 21.8 Å². The number of rotatable bonds is 4. The van der Waals surface area contributed by atoms with E-state index in [1.807, 2.05) is 6.92 Å². The molecule has 0 N–H and O–H groups in total. The van der Waals surface area contributed by atoms with Crippen LogP contribution in [0.25, 0.3) is 6.08 Å². The quantitative estimate of drug-likeness (QED) is 0.686. The van der Waals surface area contributed by atoms with Crippen molar-refractivity contribution >= 4 is 22.0 Å². The van der Waals surface area contributed by atoms with E-state index in [-0.39, 0.29) is 42.5 Å². The maximum atomic E-state index is 12.8. The summed E-state index contributed by atoms with van der Waals surface area (Å²) in [6.45, 7) is 2.58. The highest BCUT2D eigenvalue weighted by molar-refractivity contribution is 7.89. The van der Waals surface area contributed by atoms with E-state index in [1.165, 1.54) is 33.5 Å². The number of sulfonamides is 1. The molecule has 5 nitrogen and oxygen atoms in total. The van der Waals surface area contributed by atoms with E-state index in [2.05, 4.69) is 0 Å². The van der Waals surface area contributed by atoms with E-state index >= 15 is 0 Å². The Labute approximate surface area is 173 Å². The summed E-state index contributed by atoms with van der Waals surface area (Å²) in [5.41, 5.74) is 0.433. The predicted octanol–water partition coefficient (Wildman–Crippen LogP) is 3.56. The SMILES string of the molecule is Cc1ccc(S(=O)(=O)N2CCN(C(=O)C=Cc3cccc(C(F)(F)F)c3)CC2)cc1. The van der Waals surface area contributed by atoms with Gasteiger partial charge in [0, 0.05) is 32.3 Å². The third-order valence-electron chi connectivity index (χ3n) is 4.84. The van der Waals surface area contributed by atoms with Crippen molar-refractivity contribution in [3.05, 3.63) is 71.3 Å². The summed E-state index contributed by atoms with van der Waals surface area (Å²) in [6, 6.07) is 11.3. The highest BCUT2D eigenvalue weighted by atomic mass is 32.2. The van der Waals surface area contributed by atoms with Crippen LogP contribution in [0.2, 0.25) is 0 Å². The van der Waals surface area contributed by atoms with E-state index in [0.717, 1.165) is 17.7 Å². The lowest BCUT2D eigenvalue weighted by molar-refractivity contribution is -0.137. The minimum Gasteiger partial charge on any atom is -0.337 e. The number of alkyl halides is 3. The molecule has 3 rings (SSSR count). The topological polar surface area (TPSA) is 57.7 Å². The van der Waals surface area contributed by atoms with Crippen molar-refractivity contribution in [2.24, 2.45) is 0 Å². The number of benzene rings is 2. The van der Waals surface area contributed by atoms with Gasteiger partial charge in [-0.25, -0.2) is 8.42 Å². The zero-order valence-electron chi connectivity index (χ0n) is 16.3. The monoisotopic (exact) mass is 438 g/mol. The second-order valence-corrected chi connectivity index (χ2v) is 8.94. The molecule has 0 saturated carbocycles. The fraction of sp³-hybridized carbons (Fsp3) is 0.286. The molecule has 0 unspecified atom stereocenters. The van der Waals surface area contributed by atoms with Gasteiger partial charge in [-0.05, 0) is 42.8 Å². The summed E-state index contributed by atoms with van der Waals surface area (Å²) in [4.78, 5) is 14.0. The Balaban J connectivity index is 1.62. The van der Waals surface area contributed by atoms with Crippen molar-refractivity contribution in [2.75, 3.05) is 26.2 Å². The van der Waals surface area contributed by atoms with Crippen molar-refractivity contribution < 1.29 is 26.4 Å². The lowest BCUT2D eigenvalue weighted by Gasteiger charge is -2.33. The third kappa shape index (κ3) is 5.09. The van der Waals surface area contributed by atoms with Gasteiger partial charge in [0.1, 0.15) is 0 Å². The largest absolute Gasteiger partial charge is 0.416 e.